The van der Waals surface area contributed by atoms with Gasteiger partial charge in [-0.25, -0.2) is 0 Å². The van der Waals surface area contributed by atoms with Crippen LogP contribution < -0.4 is 4.74 Å². The van der Waals surface area contributed by atoms with E-state index in [9.17, 15) is 14.7 Å². The molecule has 1 fully saturated rings. The van der Waals surface area contributed by atoms with Gasteiger partial charge in [-0.2, -0.15) is 0 Å². The third kappa shape index (κ3) is 4.41. The summed E-state index contributed by atoms with van der Waals surface area (Å²) in [5.74, 6) is -0.601. The van der Waals surface area contributed by atoms with Gasteiger partial charge in [0, 0.05) is 19.2 Å². The molecule has 1 aliphatic rings. The number of aliphatic hydroxyl groups is 1. The number of carbonyl (C=O) groups excluding carboxylic acids is 2. The second kappa shape index (κ2) is 10.0. The summed E-state index contributed by atoms with van der Waals surface area (Å²) in [5, 5.41) is 11.3. The molecule has 1 saturated heterocycles. The molecule has 3 rings (SSSR count). The molecule has 0 spiro atoms. The summed E-state index contributed by atoms with van der Waals surface area (Å²) in [5.41, 5.74) is 3.25. The average Bonchev–Trinajstić information content (AvgIpc) is 3.02. The van der Waals surface area contributed by atoms with Crippen molar-refractivity contribution in [2.24, 2.45) is 0 Å². The second-order valence-electron chi connectivity index (χ2n) is 8.18. The van der Waals surface area contributed by atoms with Gasteiger partial charge in [-0.3, -0.25) is 9.59 Å². The van der Waals surface area contributed by atoms with Gasteiger partial charge in [0.1, 0.15) is 11.5 Å². The summed E-state index contributed by atoms with van der Waals surface area (Å²) < 4.78 is 10.9. The highest BCUT2D eigenvalue weighted by atomic mass is 16.5. The molecule has 1 atom stereocenters. The predicted molar refractivity (Wildman–Crippen MR) is 124 cm³/mol. The number of aryl methyl sites for hydroxylation is 1. The number of carbonyl (C=O) groups is 2. The summed E-state index contributed by atoms with van der Waals surface area (Å²) >= 11 is 0. The average molecular weight is 438 g/mol. The molecule has 1 amide bonds. The van der Waals surface area contributed by atoms with Crippen molar-refractivity contribution in [3.63, 3.8) is 0 Å². The van der Waals surface area contributed by atoms with E-state index in [1.54, 1.807) is 19.2 Å². The number of likely N-dealkylation sites (tertiary alicyclic amines) is 1. The molecule has 170 valence electrons. The Labute approximate surface area is 189 Å². The fraction of sp³-hybridized carbons (Fsp3) is 0.385. The number of methoxy groups -OCH3 is 1. The summed E-state index contributed by atoms with van der Waals surface area (Å²) in [6, 6.07) is 12.3. The van der Waals surface area contributed by atoms with E-state index in [4.69, 9.17) is 9.47 Å². The van der Waals surface area contributed by atoms with E-state index < -0.39 is 17.7 Å². The maximum atomic E-state index is 13.1. The quantitative estimate of drug-likeness (QED) is 0.372. The van der Waals surface area contributed by atoms with Crippen LogP contribution in [0.2, 0.25) is 0 Å². The van der Waals surface area contributed by atoms with E-state index in [0.717, 1.165) is 22.4 Å². The van der Waals surface area contributed by atoms with E-state index in [2.05, 4.69) is 0 Å². The SMILES string of the molecule is CCOc1ccc(/C(O)=C2\C(=O)C(=O)N(CCOC)C2c2ccccc2C)cc1C(C)C. The fourth-order valence-electron chi connectivity index (χ4n) is 4.11. The number of ether oxygens (including phenoxy) is 2. The van der Waals surface area contributed by atoms with Gasteiger partial charge in [-0.15, -0.1) is 0 Å². The van der Waals surface area contributed by atoms with E-state index in [0.29, 0.717) is 12.2 Å². The van der Waals surface area contributed by atoms with Crippen LogP contribution >= 0.6 is 0 Å². The summed E-state index contributed by atoms with van der Waals surface area (Å²) in [6.45, 7) is 8.99. The Balaban J connectivity index is 2.19. The summed E-state index contributed by atoms with van der Waals surface area (Å²) in [4.78, 5) is 27.5. The molecule has 1 unspecified atom stereocenters. The van der Waals surface area contributed by atoms with E-state index in [1.807, 2.05) is 58.0 Å². The van der Waals surface area contributed by atoms with E-state index in [1.165, 1.54) is 4.90 Å². The van der Waals surface area contributed by atoms with Crippen LogP contribution in [0.1, 0.15) is 55.0 Å². The molecule has 6 nitrogen and oxygen atoms in total. The molecule has 32 heavy (non-hydrogen) atoms. The molecule has 0 aliphatic carbocycles. The zero-order valence-corrected chi connectivity index (χ0v) is 19.3. The number of aliphatic hydroxyl groups excluding tert-OH is 1. The van der Waals surface area contributed by atoms with Crippen molar-refractivity contribution in [2.45, 2.75) is 39.7 Å². The molecule has 0 bridgehead atoms. The number of rotatable bonds is 8. The number of benzene rings is 2. The molecule has 1 aliphatic heterocycles. The highest BCUT2D eigenvalue weighted by molar-refractivity contribution is 6.46. The Bertz CT molecular complexity index is 1040. The van der Waals surface area contributed by atoms with Gasteiger partial charge in [-0.05, 0) is 54.7 Å². The lowest BCUT2D eigenvalue weighted by Gasteiger charge is -2.26. The van der Waals surface area contributed by atoms with Crippen molar-refractivity contribution >= 4 is 17.4 Å². The van der Waals surface area contributed by atoms with E-state index >= 15 is 0 Å². The van der Waals surface area contributed by atoms with Crippen molar-refractivity contribution in [1.29, 1.82) is 0 Å². The molecular weight excluding hydrogens is 406 g/mol. The zero-order valence-electron chi connectivity index (χ0n) is 19.3. The van der Waals surface area contributed by atoms with Crippen LogP contribution in [0.4, 0.5) is 0 Å². The van der Waals surface area contributed by atoms with E-state index in [-0.39, 0.29) is 30.4 Å². The number of ketones is 1. The van der Waals surface area contributed by atoms with Crippen LogP contribution in [0, 0.1) is 6.92 Å². The Morgan fingerprint density at radius 2 is 1.88 bits per heavy atom. The summed E-state index contributed by atoms with van der Waals surface area (Å²) in [6.07, 6.45) is 0. The maximum absolute atomic E-state index is 13.1. The first-order valence-corrected chi connectivity index (χ1v) is 10.9. The van der Waals surface area contributed by atoms with Gasteiger partial charge in [0.2, 0.25) is 0 Å². The Kier molecular flexibility index (Phi) is 7.36. The van der Waals surface area contributed by atoms with Crippen LogP contribution in [0.25, 0.3) is 5.76 Å². The Morgan fingerprint density at radius 1 is 1.16 bits per heavy atom. The second-order valence-corrected chi connectivity index (χ2v) is 8.18. The standard InChI is InChI=1S/C26H31NO5/c1-6-32-21-12-11-18(15-20(21)16(2)3)24(28)22-23(19-10-8-7-9-17(19)4)27(13-14-31-5)26(30)25(22)29/h7-12,15-16,23,28H,6,13-14H2,1-5H3/b24-22+. The number of amides is 1. The number of nitrogens with zero attached hydrogens (tertiary/aromatic N) is 1. The molecule has 1 heterocycles. The smallest absolute Gasteiger partial charge is 0.295 e. The van der Waals surface area contributed by atoms with Crippen LogP contribution in [0.5, 0.6) is 5.75 Å². The lowest BCUT2D eigenvalue weighted by Crippen LogP contribution is -2.32. The minimum Gasteiger partial charge on any atom is -0.507 e. The molecular formula is C26H31NO5. The van der Waals surface area contributed by atoms with Crippen molar-refractivity contribution in [2.75, 3.05) is 26.9 Å². The van der Waals surface area contributed by atoms with Crippen molar-refractivity contribution < 1.29 is 24.2 Å². The first kappa shape index (κ1) is 23.5. The molecule has 0 radical (unpaired) electrons. The third-order valence-corrected chi connectivity index (χ3v) is 5.76. The van der Waals surface area contributed by atoms with Crippen LogP contribution in [-0.2, 0) is 14.3 Å². The minimum absolute atomic E-state index is 0.0965. The van der Waals surface area contributed by atoms with Gasteiger partial charge >= 0.3 is 0 Å². The molecule has 1 N–H and O–H groups in total. The van der Waals surface area contributed by atoms with Gasteiger partial charge in [0.05, 0.1) is 24.8 Å². The van der Waals surface area contributed by atoms with Crippen molar-refractivity contribution in [3.8, 4) is 5.75 Å². The Hall–Kier alpha value is -3.12. The number of Topliss-reactive ketones (excluding diaryl/α,β-unsaturated/α-hetero) is 1. The molecule has 6 heteroatoms. The summed E-state index contributed by atoms with van der Waals surface area (Å²) in [7, 11) is 1.55. The first-order valence-electron chi connectivity index (χ1n) is 10.9. The molecule has 2 aromatic carbocycles. The molecule has 0 saturated carbocycles. The predicted octanol–water partition coefficient (Wildman–Crippen LogP) is 4.59. The molecule has 2 aromatic rings. The van der Waals surface area contributed by atoms with Crippen molar-refractivity contribution in [3.05, 3.63) is 70.3 Å². The topological polar surface area (TPSA) is 76.1 Å². The lowest BCUT2D eigenvalue weighted by atomic mass is 9.91. The number of hydrogen-bond acceptors (Lipinski definition) is 5. The van der Waals surface area contributed by atoms with Crippen LogP contribution in [0.15, 0.2) is 48.0 Å². The van der Waals surface area contributed by atoms with Gasteiger partial charge in [0.25, 0.3) is 11.7 Å². The monoisotopic (exact) mass is 437 g/mol. The van der Waals surface area contributed by atoms with Crippen LogP contribution in [0.3, 0.4) is 0 Å². The van der Waals surface area contributed by atoms with Crippen LogP contribution in [-0.4, -0.2) is 48.6 Å². The van der Waals surface area contributed by atoms with Gasteiger partial charge in [0.15, 0.2) is 0 Å². The zero-order chi connectivity index (χ0) is 23.4. The molecule has 0 aromatic heterocycles. The maximum Gasteiger partial charge on any atom is 0.295 e. The minimum atomic E-state index is -0.688. The first-order chi connectivity index (χ1) is 15.3. The number of hydrogen-bond donors (Lipinski definition) is 1. The third-order valence-electron chi connectivity index (χ3n) is 5.76. The highest BCUT2D eigenvalue weighted by Crippen LogP contribution is 2.41. The fourth-order valence-corrected chi connectivity index (χ4v) is 4.11. The van der Waals surface area contributed by atoms with Crippen molar-refractivity contribution in [1.82, 2.24) is 4.90 Å². The largest absolute Gasteiger partial charge is 0.507 e. The normalized spacial score (nSPS) is 17.9. The Morgan fingerprint density at radius 3 is 2.50 bits per heavy atom. The lowest BCUT2D eigenvalue weighted by molar-refractivity contribution is -0.140. The van der Waals surface area contributed by atoms with Gasteiger partial charge in [-0.1, -0.05) is 38.1 Å². The van der Waals surface area contributed by atoms with Gasteiger partial charge < -0.3 is 19.5 Å². The highest BCUT2D eigenvalue weighted by Gasteiger charge is 2.46.